The number of ether oxygens (including phenoxy) is 2. The van der Waals surface area contributed by atoms with E-state index in [0.29, 0.717) is 31.9 Å². The van der Waals surface area contributed by atoms with Crippen molar-refractivity contribution in [2.75, 3.05) is 25.1 Å². The summed E-state index contributed by atoms with van der Waals surface area (Å²) in [6, 6.07) is 15.2. The number of benzene rings is 2. The maximum Gasteiger partial charge on any atom is 0.267 e. The number of carbonyl (C=O) groups excluding carboxylic acids is 1. The third-order valence-electron chi connectivity index (χ3n) is 4.17. The minimum Gasteiger partial charge on any atom is -0.490 e. The average molecular weight is 393 g/mol. The average Bonchev–Trinajstić information content (AvgIpc) is 2.72. The Labute approximate surface area is 172 Å². The van der Waals surface area contributed by atoms with Gasteiger partial charge in [0.1, 0.15) is 11.6 Å². The molecule has 0 aliphatic heterocycles. The number of carbonyl (C=O) groups is 1. The zero-order valence-electron chi connectivity index (χ0n) is 17.1. The normalized spacial score (nSPS) is 10.8. The molecule has 2 N–H and O–H groups in total. The zero-order chi connectivity index (χ0) is 21.1. The largest absolute Gasteiger partial charge is 0.490 e. The van der Waals surface area contributed by atoms with Crippen molar-refractivity contribution in [2.45, 2.75) is 27.2 Å². The summed E-state index contributed by atoms with van der Waals surface area (Å²) in [4.78, 5) is 12.3. The van der Waals surface area contributed by atoms with Crippen molar-refractivity contribution in [3.8, 4) is 17.6 Å². The standard InChI is InChI=1S/C23H27N3O3/c1-4-28-21-11-10-18(14-22(21)29-5-2)12-13-25-16-19(15-24)23(27)26-20-9-7-6-8-17(20)3/h6-11,14,16,25H,4-5,12-13H2,1-3H3,(H,26,27)/b19-16-. The zero-order valence-corrected chi connectivity index (χ0v) is 17.1. The highest BCUT2D eigenvalue weighted by Crippen LogP contribution is 2.28. The maximum atomic E-state index is 12.3. The lowest BCUT2D eigenvalue weighted by atomic mass is 10.1. The van der Waals surface area contributed by atoms with Crippen LogP contribution in [0.5, 0.6) is 11.5 Å². The van der Waals surface area contributed by atoms with Gasteiger partial charge in [0.2, 0.25) is 0 Å². The van der Waals surface area contributed by atoms with Gasteiger partial charge in [-0.2, -0.15) is 5.26 Å². The Morgan fingerprint density at radius 2 is 1.83 bits per heavy atom. The summed E-state index contributed by atoms with van der Waals surface area (Å²) >= 11 is 0. The number of nitrogens with zero attached hydrogens (tertiary/aromatic N) is 1. The Bertz CT molecular complexity index is 900. The summed E-state index contributed by atoms with van der Waals surface area (Å²) in [5.41, 5.74) is 2.72. The third kappa shape index (κ3) is 6.58. The number of hydrogen-bond acceptors (Lipinski definition) is 5. The molecule has 0 fully saturated rings. The first kappa shape index (κ1) is 21.8. The summed E-state index contributed by atoms with van der Waals surface area (Å²) in [6.45, 7) is 7.47. The molecule has 0 spiro atoms. The number of para-hydroxylation sites is 1. The van der Waals surface area contributed by atoms with Crippen LogP contribution in [0, 0.1) is 18.3 Å². The molecule has 0 saturated heterocycles. The number of aryl methyl sites for hydroxylation is 1. The number of nitrogens with one attached hydrogen (secondary N) is 2. The van der Waals surface area contributed by atoms with Gasteiger partial charge < -0.3 is 20.1 Å². The van der Waals surface area contributed by atoms with Crippen LogP contribution < -0.4 is 20.1 Å². The van der Waals surface area contributed by atoms with E-state index in [-0.39, 0.29) is 5.57 Å². The molecule has 0 heterocycles. The van der Waals surface area contributed by atoms with Crippen molar-refractivity contribution in [3.05, 3.63) is 65.4 Å². The molecule has 0 saturated carbocycles. The summed E-state index contributed by atoms with van der Waals surface area (Å²) in [6.07, 6.45) is 2.16. The Morgan fingerprint density at radius 3 is 2.52 bits per heavy atom. The molecule has 2 rings (SSSR count). The minimum absolute atomic E-state index is 0.0231. The highest BCUT2D eigenvalue weighted by atomic mass is 16.5. The van der Waals surface area contributed by atoms with Crippen molar-refractivity contribution in [1.29, 1.82) is 5.26 Å². The van der Waals surface area contributed by atoms with Crippen LogP contribution in [-0.4, -0.2) is 25.7 Å². The van der Waals surface area contributed by atoms with Crippen LogP contribution in [0.2, 0.25) is 0 Å². The van der Waals surface area contributed by atoms with Crippen molar-refractivity contribution >= 4 is 11.6 Å². The van der Waals surface area contributed by atoms with E-state index in [1.54, 1.807) is 6.07 Å². The molecule has 0 radical (unpaired) electrons. The SMILES string of the molecule is CCOc1ccc(CCN/C=C(/C#N)C(=O)Nc2ccccc2C)cc1OCC. The van der Waals surface area contributed by atoms with Gasteiger partial charge in [0.15, 0.2) is 11.5 Å². The predicted octanol–water partition coefficient (Wildman–Crippen LogP) is 3.97. The number of hydrogen-bond donors (Lipinski definition) is 2. The van der Waals surface area contributed by atoms with Gasteiger partial charge in [0, 0.05) is 18.4 Å². The smallest absolute Gasteiger partial charge is 0.267 e. The van der Waals surface area contributed by atoms with Gasteiger partial charge in [-0.1, -0.05) is 24.3 Å². The topological polar surface area (TPSA) is 83.4 Å². The van der Waals surface area contributed by atoms with E-state index in [4.69, 9.17) is 9.47 Å². The first-order chi connectivity index (χ1) is 14.1. The molecule has 2 aromatic rings. The Morgan fingerprint density at radius 1 is 1.10 bits per heavy atom. The van der Waals surface area contributed by atoms with Crippen LogP contribution in [-0.2, 0) is 11.2 Å². The van der Waals surface area contributed by atoms with E-state index >= 15 is 0 Å². The summed E-state index contributed by atoms with van der Waals surface area (Å²) in [7, 11) is 0. The second kappa shape index (κ2) is 11.4. The lowest BCUT2D eigenvalue weighted by molar-refractivity contribution is -0.112. The first-order valence-electron chi connectivity index (χ1n) is 9.68. The van der Waals surface area contributed by atoms with Gasteiger partial charge >= 0.3 is 0 Å². The first-order valence-corrected chi connectivity index (χ1v) is 9.68. The van der Waals surface area contributed by atoms with E-state index in [1.165, 1.54) is 6.20 Å². The molecule has 152 valence electrons. The van der Waals surface area contributed by atoms with Gasteiger partial charge in [0.25, 0.3) is 5.91 Å². The van der Waals surface area contributed by atoms with E-state index in [0.717, 1.165) is 22.6 Å². The van der Waals surface area contributed by atoms with Crippen molar-refractivity contribution in [3.63, 3.8) is 0 Å². The fraction of sp³-hybridized carbons (Fsp3) is 0.304. The maximum absolute atomic E-state index is 12.3. The fourth-order valence-electron chi connectivity index (χ4n) is 2.69. The van der Waals surface area contributed by atoms with Crippen LogP contribution in [0.4, 0.5) is 5.69 Å². The Hall–Kier alpha value is -3.46. The molecular weight excluding hydrogens is 366 g/mol. The highest BCUT2D eigenvalue weighted by molar-refractivity contribution is 6.06. The van der Waals surface area contributed by atoms with Gasteiger partial charge in [-0.15, -0.1) is 0 Å². The van der Waals surface area contributed by atoms with E-state index in [1.807, 2.05) is 63.2 Å². The summed E-state index contributed by atoms with van der Waals surface area (Å²) in [5, 5.41) is 15.1. The van der Waals surface area contributed by atoms with Crippen molar-refractivity contribution in [2.24, 2.45) is 0 Å². The monoisotopic (exact) mass is 393 g/mol. The van der Waals surface area contributed by atoms with Crippen LogP contribution >= 0.6 is 0 Å². The molecule has 0 atom stereocenters. The number of rotatable bonds is 10. The predicted molar refractivity (Wildman–Crippen MR) is 114 cm³/mol. The van der Waals surface area contributed by atoms with Gasteiger partial charge in [-0.25, -0.2) is 0 Å². The third-order valence-corrected chi connectivity index (χ3v) is 4.17. The molecule has 0 aromatic heterocycles. The molecule has 1 amide bonds. The summed E-state index contributed by atoms with van der Waals surface area (Å²) in [5.74, 6) is 1.01. The molecule has 0 aliphatic rings. The quantitative estimate of drug-likeness (QED) is 0.362. The molecule has 0 aliphatic carbocycles. The van der Waals surface area contributed by atoms with E-state index < -0.39 is 5.91 Å². The lowest BCUT2D eigenvalue weighted by Gasteiger charge is -2.12. The number of anilines is 1. The summed E-state index contributed by atoms with van der Waals surface area (Å²) < 4.78 is 11.2. The number of amides is 1. The number of nitriles is 1. The van der Waals surface area contributed by atoms with Crippen LogP contribution in [0.1, 0.15) is 25.0 Å². The van der Waals surface area contributed by atoms with Crippen LogP contribution in [0.15, 0.2) is 54.2 Å². The molecular formula is C23H27N3O3. The molecule has 29 heavy (non-hydrogen) atoms. The minimum atomic E-state index is -0.436. The molecule has 0 unspecified atom stereocenters. The highest BCUT2D eigenvalue weighted by Gasteiger charge is 2.10. The molecule has 0 bridgehead atoms. The fourth-order valence-corrected chi connectivity index (χ4v) is 2.69. The van der Waals surface area contributed by atoms with Crippen molar-refractivity contribution < 1.29 is 14.3 Å². The molecule has 6 nitrogen and oxygen atoms in total. The van der Waals surface area contributed by atoms with Crippen LogP contribution in [0.25, 0.3) is 0 Å². The van der Waals surface area contributed by atoms with Crippen molar-refractivity contribution in [1.82, 2.24) is 5.32 Å². The van der Waals surface area contributed by atoms with Gasteiger partial charge in [-0.05, 0) is 56.5 Å². The van der Waals surface area contributed by atoms with Gasteiger partial charge in [-0.3, -0.25) is 4.79 Å². The molecule has 2 aromatic carbocycles. The van der Waals surface area contributed by atoms with Gasteiger partial charge in [0.05, 0.1) is 13.2 Å². The second-order valence-corrected chi connectivity index (χ2v) is 6.29. The van der Waals surface area contributed by atoms with E-state index in [2.05, 4.69) is 10.6 Å². The Balaban J connectivity index is 1.94. The van der Waals surface area contributed by atoms with Crippen LogP contribution in [0.3, 0.4) is 0 Å². The Kier molecular flexibility index (Phi) is 8.58. The lowest BCUT2D eigenvalue weighted by Crippen LogP contribution is -2.18. The second-order valence-electron chi connectivity index (χ2n) is 6.29. The molecule has 6 heteroatoms. The van der Waals surface area contributed by atoms with E-state index in [9.17, 15) is 10.1 Å².